The third-order valence-electron chi connectivity index (χ3n) is 5.91. The molecule has 166 valence electrons. The van der Waals surface area contributed by atoms with E-state index < -0.39 is 15.4 Å². The predicted octanol–water partition coefficient (Wildman–Crippen LogP) is 5.03. The molecular weight excluding hydrogens is 454 g/mol. The Morgan fingerprint density at radius 1 is 1.03 bits per heavy atom. The molecule has 0 bridgehead atoms. The molecule has 1 fully saturated rings. The van der Waals surface area contributed by atoms with Gasteiger partial charge in [-0.05, 0) is 60.5 Å². The van der Waals surface area contributed by atoms with Crippen molar-refractivity contribution in [2.45, 2.75) is 17.2 Å². The molecule has 0 spiro atoms. The zero-order valence-electron chi connectivity index (χ0n) is 18.0. The topological polar surface area (TPSA) is 54.5 Å². The van der Waals surface area contributed by atoms with Crippen molar-refractivity contribution in [2.75, 3.05) is 13.1 Å². The molecule has 0 amide bonds. The summed E-state index contributed by atoms with van der Waals surface area (Å²) >= 11 is 5.95. The maximum atomic E-state index is 13.5. The number of allylic oxidation sites excluding steroid dienone is 1. The van der Waals surface area contributed by atoms with Gasteiger partial charge in [-0.3, -0.25) is 4.79 Å². The molecule has 1 aliphatic rings. The summed E-state index contributed by atoms with van der Waals surface area (Å²) in [5.74, 6) is 2.57. The van der Waals surface area contributed by atoms with Gasteiger partial charge >= 0.3 is 0 Å². The summed E-state index contributed by atoms with van der Waals surface area (Å²) in [5, 5.41) is 0.526. The lowest BCUT2D eigenvalue weighted by Gasteiger charge is -2.25. The van der Waals surface area contributed by atoms with E-state index in [-0.39, 0.29) is 23.8 Å². The van der Waals surface area contributed by atoms with E-state index in [4.69, 9.17) is 18.0 Å². The molecule has 1 saturated heterocycles. The lowest BCUT2D eigenvalue weighted by atomic mass is 9.76. The number of rotatable bonds is 5. The number of terminal acetylenes is 1. The number of halogens is 1. The van der Waals surface area contributed by atoms with Crippen LogP contribution < -0.4 is 0 Å². The summed E-state index contributed by atoms with van der Waals surface area (Å²) in [7, 11) is -3.82. The summed E-state index contributed by atoms with van der Waals surface area (Å²) in [4.78, 5) is 13.2. The lowest BCUT2D eigenvalue weighted by Crippen LogP contribution is -2.34. The molecule has 3 aromatic carbocycles. The first-order valence-corrected chi connectivity index (χ1v) is 12.2. The van der Waals surface area contributed by atoms with Crippen molar-refractivity contribution in [1.29, 1.82) is 0 Å². The average molecular weight is 476 g/mol. The molecule has 4 nitrogen and oxygen atoms in total. The van der Waals surface area contributed by atoms with E-state index in [1.165, 1.54) is 10.4 Å². The Morgan fingerprint density at radius 3 is 2.27 bits per heavy atom. The Kier molecular flexibility index (Phi) is 6.27. The van der Waals surface area contributed by atoms with Crippen LogP contribution in [-0.4, -0.2) is 31.6 Å². The summed E-state index contributed by atoms with van der Waals surface area (Å²) in [6.07, 6.45) is 7.52. The van der Waals surface area contributed by atoms with Crippen LogP contribution in [0.3, 0.4) is 0 Å². The van der Waals surface area contributed by atoms with Gasteiger partial charge in [-0.2, -0.15) is 4.31 Å². The highest BCUT2D eigenvalue weighted by Crippen LogP contribution is 2.41. The standard InChI is InChI=1S/C27H22ClNO3S/c1-3-27(22-7-5-4-6-8-22)19-29(33(31,32)25-15-9-20(2)10-16-25)18-23(27)17-26(30)21-11-13-24(28)14-12-21/h1,4-17H,18-19H2,2H3. The number of carbonyl (C=O) groups is 1. The lowest BCUT2D eigenvalue weighted by molar-refractivity contribution is 0.104. The molecule has 1 atom stereocenters. The van der Waals surface area contributed by atoms with Crippen LogP contribution in [0.2, 0.25) is 5.02 Å². The quantitative estimate of drug-likeness (QED) is 0.295. The largest absolute Gasteiger partial charge is 0.289 e. The van der Waals surface area contributed by atoms with Gasteiger partial charge in [0.05, 0.1) is 10.3 Å². The Morgan fingerprint density at radius 2 is 1.67 bits per heavy atom. The predicted molar refractivity (Wildman–Crippen MR) is 131 cm³/mol. The normalized spacial score (nSPS) is 20.0. The van der Waals surface area contributed by atoms with Gasteiger partial charge in [-0.1, -0.05) is 65.5 Å². The summed E-state index contributed by atoms with van der Waals surface area (Å²) in [6.45, 7) is 1.96. The van der Waals surface area contributed by atoms with Crippen molar-refractivity contribution < 1.29 is 13.2 Å². The highest BCUT2D eigenvalue weighted by atomic mass is 35.5. The summed E-state index contributed by atoms with van der Waals surface area (Å²) < 4.78 is 28.3. The molecule has 6 heteroatoms. The van der Waals surface area contributed by atoms with E-state index in [1.807, 2.05) is 37.3 Å². The van der Waals surface area contributed by atoms with E-state index in [1.54, 1.807) is 48.5 Å². The third-order valence-corrected chi connectivity index (χ3v) is 7.97. The molecule has 3 aromatic rings. The van der Waals surface area contributed by atoms with Crippen LogP contribution in [0.5, 0.6) is 0 Å². The minimum absolute atomic E-state index is 0.0225. The second-order valence-corrected chi connectivity index (χ2v) is 10.4. The van der Waals surface area contributed by atoms with E-state index in [2.05, 4.69) is 5.92 Å². The van der Waals surface area contributed by atoms with Crippen molar-refractivity contribution >= 4 is 27.4 Å². The van der Waals surface area contributed by atoms with Crippen molar-refractivity contribution in [3.63, 3.8) is 0 Å². The van der Waals surface area contributed by atoms with Gasteiger partial charge in [0.1, 0.15) is 0 Å². The zero-order chi connectivity index (χ0) is 23.6. The Balaban J connectivity index is 1.80. The second-order valence-electron chi connectivity index (χ2n) is 8.04. The Hall–Kier alpha value is -3.17. The highest BCUT2D eigenvalue weighted by Gasteiger charge is 2.47. The minimum atomic E-state index is -3.82. The molecule has 1 heterocycles. The first-order chi connectivity index (χ1) is 15.8. The highest BCUT2D eigenvalue weighted by molar-refractivity contribution is 7.89. The monoisotopic (exact) mass is 475 g/mol. The Bertz CT molecular complexity index is 1360. The van der Waals surface area contributed by atoms with E-state index >= 15 is 0 Å². The van der Waals surface area contributed by atoms with Crippen LogP contribution in [-0.2, 0) is 15.4 Å². The minimum Gasteiger partial charge on any atom is -0.289 e. The molecule has 33 heavy (non-hydrogen) atoms. The summed E-state index contributed by atoms with van der Waals surface area (Å²) in [5.41, 5.74) is 1.69. The molecule has 0 N–H and O–H groups in total. The van der Waals surface area contributed by atoms with Gasteiger partial charge in [0.15, 0.2) is 5.78 Å². The number of aryl methyl sites for hydroxylation is 1. The van der Waals surface area contributed by atoms with Gasteiger partial charge in [-0.15, -0.1) is 6.42 Å². The summed E-state index contributed by atoms with van der Waals surface area (Å²) in [6, 6.07) is 22.5. The first kappa shape index (κ1) is 23.0. The smallest absolute Gasteiger partial charge is 0.243 e. The van der Waals surface area contributed by atoms with Crippen LogP contribution in [0.15, 0.2) is 95.4 Å². The average Bonchev–Trinajstić information content (AvgIpc) is 3.20. The molecule has 0 aliphatic carbocycles. The molecular formula is C27H22ClNO3S. The zero-order valence-corrected chi connectivity index (χ0v) is 19.6. The van der Waals surface area contributed by atoms with Gasteiger partial charge in [0.25, 0.3) is 0 Å². The van der Waals surface area contributed by atoms with Crippen molar-refractivity contribution in [1.82, 2.24) is 4.31 Å². The number of carbonyl (C=O) groups excluding carboxylic acids is 1. The van der Waals surface area contributed by atoms with Gasteiger partial charge in [0, 0.05) is 23.7 Å². The molecule has 1 unspecified atom stereocenters. The first-order valence-electron chi connectivity index (χ1n) is 10.4. The van der Waals surface area contributed by atoms with Crippen molar-refractivity contribution in [3.05, 3.63) is 112 Å². The number of sulfonamides is 1. The number of benzene rings is 3. The van der Waals surface area contributed by atoms with Gasteiger partial charge in [0.2, 0.25) is 10.0 Å². The van der Waals surface area contributed by atoms with Crippen LogP contribution in [0, 0.1) is 19.3 Å². The molecule has 0 radical (unpaired) electrons. The van der Waals surface area contributed by atoms with Crippen LogP contribution in [0.1, 0.15) is 21.5 Å². The third kappa shape index (κ3) is 4.38. The van der Waals surface area contributed by atoms with Gasteiger partial charge in [-0.25, -0.2) is 8.42 Å². The maximum absolute atomic E-state index is 13.5. The number of hydrogen-bond acceptors (Lipinski definition) is 3. The number of nitrogens with zero attached hydrogens (tertiary/aromatic N) is 1. The SMILES string of the molecule is C#CC1(c2ccccc2)CN(S(=O)(=O)c2ccc(C)cc2)CC1=CC(=O)c1ccc(Cl)cc1. The maximum Gasteiger partial charge on any atom is 0.243 e. The second kappa shape index (κ2) is 8.99. The Labute approximate surface area is 199 Å². The number of ketones is 1. The van der Waals surface area contributed by atoms with Crippen LogP contribution in [0.4, 0.5) is 0 Å². The fourth-order valence-corrected chi connectivity index (χ4v) is 5.60. The molecule has 1 aliphatic heterocycles. The van der Waals surface area contributed by atoms with E-state index in [0.29, 0.717) is 16.2 Å². The fourth-order valence-electron chi connectivity index (χ4n) is 4.02. The van der Waals surface area contributed by atoms with Crippen molar-refractivity contribution in [3.8, 4) is 12.3 Å². The van der Waals surface area contributed by atoms with Crippen molar-refractivity contribution in [2.24, 2.45) is 0 Å². The van der Waals surface area contributed by atoms with Crippen LogP contribution >= 0.6 is 11.6 Å². The molecule has 4 rings (SSSR count). The van der Waals surface area contributed by atoms with E-state index in [0.717, 1.165) is 11.1 Å². The van der Waals surface area contributed by atoms with Gasteiger partial charge < -0.3 is 0 Å². The van der Waals surface area contributed by atoms with E-state index in [9.17, 15) is 13.2 Å². The number of hydrogen-bond donors (Lipinski definition) is 0. The molecule has 0 aromatic heterocycles. The van der Waals surface area contributed by atoms with Crippen LogP contribution in [0.25, 0.3) is 0 Å². The molecule has 0 saturated carbocycles. The fraction of sp³-hybridized carbons (Fsp3) is 0.148.